The summed E-state index contributed by atoms with van der Waals surface area (Å²) in [4.78, 5) is 18.8. The molecular weight excluding hydrogens is 416 g/mol. The third-order valence-electron chi connectivity index (χ3n) is 6.41. The van der Waals surface area contributed by atoms with Crippen LogP contribution < -0.4 is 5.32 Å². The number of ether oxygens (including phenoxy) is 1. The molecule has 1 aromatic heterocycles. The summed E-state index contributed by atoms with van der Waals surface area (Å²) in [5.74, 6) is -0.740. The lowest BCUT2D eigenvalue weighted by atomic mass is 9.67. The first-order valence-electron chi connectivity index (χ1n) is 11.1. The lowest BCUT2D eigenvalue weighted by molar-refractivity contribution is -0.154. The highest BCUT2D eigenvalue weighted by molar-refractivity contribution is 7.80. The molecule has 164 valence electrons. The molecule has 4 nitrogen and oxygen atoms in total. The van der Waals surface area contributed by atoms with Crippen LogP contribution in [0.2, 0.25) is 0 Å². The van der Waals surface area contributed by atoms with Crippen LogP contribution in [0, 0.1) is 0 Å². The van der Waals surface area contributed by atoms with E-state index in [2.05, 4.69) is 10.3 Å². The summed E-state index contributed by atoms with van der Waals surface area (Å²) < 4.78 is 6.36. The van der Waals surface area contributed by atoms with Crippen LogP contribution in [0.4, 0.5) is 0 Å². The summed E-state index contributed by atoms with van der Waals surface area (Å²) >= 11 is 5.82. The topological polar surface area (TPSA) is 51.2 Å². The first kappa shape index (κ1) is 22.2. The van der Waals surface area contributed by atoms with Crippen LogP contribution in [0.1, 0.15) is 48.3 Å². The zero-order chi connectivity index (χ0) is 22.4. The Balaban J connectivity index is 1.72. The van der Waals surface area contributed by atoms with Crippen molar-refractivity contribution in [3.8, 4) is 0 Å². The maximum Gasteiger partial charge on any atom is 0.318 e. The van der Waals surface area contributed by atoms with Gasteiger partial charge in [-0.2, -0.15) is 0 Å². The predicted octanol–water partition coefficient (Wildman–Crippen LogP) is 5.18. The fraction of sp³-hybridized carbons (Fsp3) is 0.296. The summed E-state index contributed by atoms with van der Waals surface area (Å²) in [5, 5.41) is 3.18. The Morgan fingerprint density at radius 1 is 1.03 bits per heavy atom. The number of benzene rings is 2. The highest BCUT2D eigenvalue weighted by Crippen LogP contribution is 2.43. The maximum absolute atomic E-state index is 13.7. The number of pyridine rings is 1. The van der Waals surface area contributed by atoms with Gasteiger partial charge in [0.15, 0.2) is 0 Å². The zero-order valence-corrected chi connectivity index (χ0v) is 19.1. The van der Waals surface area contributed by atoms with Gasteiger partial charge in [-0.1, -0.05) is 85.4 Å². The molecule has 1 fully saturated rings. The Morgan fingerprint density at radius 3 is 2.25 bits per heavy atom. The number of nitrogens with one attached hydrogen (secondary N) is 1. The quantitative estimate of drug-likeness (QED) is 0.419. The third-order valence-corrected chi connectivity index (χ3v) is 6.97. The maximum atomic E-state index is 13.7. The smallest absolute Gasteiger partial charge is 0.318 e. The normalized spacial score (nSPS) is 20.5. The summed E-state index contributed by atoms with van der Waals surface area (Å²) in [6.07, 6.45) is 6.84. The summed E-state index contributed by atoms with van der Waals surface area (Å²) in [6.45, 7) is 0. The van der Waals surface area contributed by atoms with Crippen LogP contribution in [0.25, 0.3) is 0 Å². The van der Waals surface area contributed by atoms with Crippen LogP contribution in [-0.2, 0) is 14.9 Å². The second-order valence-electron chi connectivity index (χ2n) is 8.22. The van der Waals surface area contributed by atoms with E-state index in [9.17, 15) is 4.79 Å². The molecule has 0 bridgehead atoms. The molecule has 1 heterocycles. The largest absolute Gasteiger partial charge is 0.460 e. The molecule has 5 heteroatoms. The lowest BCUT2D eigenvalue weighted by Crippen LogP contribution is -2.54. The Morgan fingerprint density at radius 2 is 1.69 bits per heavy atom. The highest BCUT2D eigenvalue weighted by atomic mass is 32.1. The Bertz CT molecular complexity index is 1000. The second-order valence-corrected chi connectivity index (χ2v) is 8.63. The Hall–Kier alpha value is -3.05. The van der Waals surface area contributed by atoms with Crippen LogP contribution in [0.3, 0.4) is 0 Å². The van der Waals surface area contributed by atoms with E-state index in [-0.39, 0.29) is 12.1 Å². The molecule has 2 aromatic carbocycles. The van der Waals surface area contributed by atoms with Crippen molar-refractivity contribution in [2.45, 2.75) is 43.1 Å². The van der Waals surface area contributed by atoms with E-state index in [1.54, 1.807) is 6.20 Å². The number of nitrogens with zero attached hydrogens (tertiary/aromatic N) is 1. The van der Waals surface area contributed by atoms with E-state index in [0.717, 1.165) is 42.4 Å². The van der Waals surface area contributed by atoms with Crippen molar-refractivity contribution in [2.24, 2.45) is 0 Å². The minimum Gasteiger partial charge on any atom is -0.460 e. The van der Waals surface area contributed by atoms with E-state index >= 15 is 0 Å². The van der Waals surface area contributed by atoms with Gasteiger partial charge in [0.2, 0.25) is 0 Å². The van der Waals surface area contributed by atoms with Gasteiger partial charge in [-0.25, -0.2) is 0 Å². The van der Waals surface area contributed by atoms with Crippen molar-refractivity contribution in [1.82, 2.24) is 10.3 Å². The number of thiocarbonyl (C=S) groups is 1. The van der Waals surface area contributed by atoms with Gasteiger partial charge in [-0.15, -0.1) is 0 Å². The predicted molar refractivity (Wildman–Crippen MR) is 131 cm³/mol. The van der Waals surface area contributed by atoms with Crippen LogP contribution in [0.5, 0.6) is 0 Å². The summed E-state index contributed by atoms with van der Waals surface area (Å²) in [5.41, 5.74) is 2.25. The molecule has 4 rings (SSSR count). The fourth-order valence-electron chi connectivity index (χ4n) is 4.84. The van der Waals surface area contributed by atoms with Gasteiger partial charge >= 0.3 is 5.97 Å². The SMILES string of the molecule is CNC(=S)C1(c2cccnc2)CCCCC1OC(=O)C(c1ccccc1)c1ccccc1. The molecule has 0 amide bonds. The van der Waals surface area contributed by atoms with Gasteiger partial charge < -0.3 is 10.1 Å². The molecule has 1 saturated carbocycles. The average molecular weight is 445 g/mol. The highest BCUT2D eigenvalue weighted by Gasteiger charge is 2.48. The first-order valence-corrected chi connectivity index (χ1v) is 11.5. The number of esters is 1. The molecule has 3 aromatic rings. The molecular formula is C27H28N2O2S. The van der Waals surface area contributed by atoms with Gasteiger partial charge in [0.1, 0.15) is 12.0 Å². The first-order chi connectivity index (χ1) is 15.7. The lowest BCUT2D eigenvalue weighted by Gasteiger charge is -2.44. The molecule has 0 saturated heterocycles. The Kier molecular flexibility index (Phi) is 6.96. The minimum atomic E-state index is -0.579. The van der Waals surface area contributed by atoms with Crippen molar-refractivity contribution in [1.29, 1.82) is 0 Å². The third kappa shape index (κ3) is 4.30. The monoisotopic (exact) mass is 444 g/mol. The van der Waals surface area contributed by atoms with Crippen molar-refractivity contribution in [3.63, 3.8) is 0 Å². The van der Waals surface area contributed by atoms with E-state index in [0.29, 0.717) is 4.99 Å². The van der Waals surface area contributed by atoms with Crippen molar-refractivity contribution in [2.75, 3.05) is 7.05 Å². The molecule has 0 aliphatic heterocycles. The standard InChI is InChI=1S/C27H28N2O2S/c1-28-26(32)27(22-15-10-18-29-19-22)17-9-8-16-23(27)31-25(30)24(20-11-4-2-5-12-20)21-13-6-3-7-14-21/h2-7,10-15,18-19,23-24H,8-9,16-17H2,1H3,(H,28,32). The van der Waals surface area contributed by atoms with Gasteiger partial charge in [-0.3, -0.25) is 9.78 Å². The van der Waals surface area contributed by atoms with E-state index in [1.165, 1.54) is 0 Å². The van der Waals surface area contributed by atoms with Gasteiger partial charge in [0, 0.05) is 19.4 Å². The zero-order valence-electron chi connectivity index (χ0n) is 18.2. The molecule has 0 radical (unpaired) electrons. The molecule has 2 atom stereocenters. The molecule has 2 unspecified atom stereocenters. The minimum absolute atomic E-state index is 0.249. The number of aromatic nitrogens is 1. The van der Waals surface area contributed by atoms with Crippen molar-refractivity contribution in [3.05, 3.63) is 102 Å². The second kappa shape index (κ2) is 10.0. The van der Waals surface area contributed by atoms with Crippen molar-refractivity contribution < 1.29 is 9.53 Å². The number of hydrogen-bond acceptors (Lipinski definition) is 4. The van der Waals surface area contributed by atoms with E-state index in [4.69, 9.17) is 17.0 Å². The van der Waals surface area contributed by atoms with Gasteiger partial charge in [0.25, 0.3) is 0 Å². The number of rotatable bonds is 6. The Labute approximate surface area is 195 Å². The number of carbonyl (C=O) groups excluding carboxylic acids is 1. The molecule has 1 aliphatic carbocycles. The average Bonchev–Trinajstić information content (AvgIpc) is 2.86. The van der Waals surface area contributed by atoms with Crippen molar-refractivity contribution >= 4 is 23.2 Å². The van der Waals surface area contributed by atoms with E-state index < -0.39 is 11.3 Å². The summed E-state index contributed by atoms with van der Waals surface area (Å²) in [7, 11) is 1.84. The fourth-order valence-corrected chi connectivity index (χ4v) is 5.19. The van der Waals surface area contributed by atoms with Crippen LogP contribution in [-0.4, -0.2) is 29.1 Å². The molecule has 1 aliphatic rings. The molecule has 0 spiro atoms. The summed E-state index contributed by atoms with van der Waals surface area (Å²) in [6, 6.07) is 23.6. The number of hydrogen-bond donors (Lipinski definition) is 1. The van der Waals surface area contributed by atoms with Gasteiger partial charge in [-0.05, 0) is 42.0 Å². The van der Waals surface area contributed by atoms with E-state index in [1.807, 2.05) is 86.0 Å². The number of likely N-dealkylation sites (N-methyl/N-ethyl adjacent to an activating group) is 1. The molecule has 1 N–H and O–H groups in total. The van der Waals surface area contributed by atoms with Crippen LogP contribution >= 0.6 is 12.2 Å². The van der Waals surface area contributed by atoms with Crippen LogP contribution in [0.15, 0.2) is 85.2 Å². The number of carbonyl (C=O) groups is 1. The van der Waals surface area contributed by atoms with Gasteiger partial charge in [0.05, 0.1) is 10.4 Å². The molecule has 32 heavy (non-hydrogen) atoms.